The lowest BCUT2D eigenvalue weighted by Crippen LogP contribution is -2.31. The number of carboxylic acids is 2. The minimum atomic E-state index is -1.73. The molecule has 2 N–H and O–H groups in total. The van der Waals surface area contributed by atoms with Gasteiger partial charge in [-0.3, -0.25) is 4.79 Å². The second-order valence-electron chi connectivity index (χ2n) is 2.78. The maximum absolute atomic E-state index is 10.7. The van der Waals surface area contributed by atoms with Crippen LogP contribution >= 0.6 is 23.2 Å². The van der Waals surface area contributed by atoms with Gasteiger partial charge in [0.2, 0.25) is 0 Å². The molecule has 1 aliphatic rings. The van der Waals surface area contributed by atoms with Crippen molar-refractivity contribution in [3.8, 4) is 0 Å². The lowest BCUT2D eigenvalue weighted by molar-refractivity contribution is -0.140. The average molecular weight is 237 g/mol. The molecule has 0 saturated heterocycles. The zero-order chi connectivity index (χ0) is 10.9. The van der Waals surface area contributed by atoms with Gasteiger partial charge in [0.15, 0.2) is 4.87 Å². The smallest absolute Gasteiger partial charge is 0.332 e. The Labute approximate surface area is 89.4 Å². The fraction of sp³-hybridized carbons (Fsp3) is 0.250. The van der Waals surface area contributed by atoms with Crippen molar-refractivity contribution >= 4 is 35.1 Å². The van der Waals surface area contributed by atoms with Crippen molar-refractivity contribution in [1.82, 2.24) is 0 Å². The van der Waals surface area contributed by atoms with Crippen molar-refractivity contribution in [2.45, 2.75) is 4.87 Å². The van der Waals surface area contributed by atoms with E-state index in [1.165, 1.54) is 0 Å². The SMILES string of the molecule is O=C(O)C1C=CC(Cl)(C(=O)O)C=C1Cl. The number of alkyl halides is 1. The summed E-state index contributed by atoms with van der Waals surface area (Å²) in [6.45, 7) is 0. The predicted molar refractivity (Wildman–Crippen MR) is 50.4 cm³/mol. The molecule has 0 bridgehead atoms. The van der Waals surface area contributed by atoms with Crippen LogP contribution in [0.2, 0.25) is 0 Å². The van der Waals surface area contributed by atoms with Crippen molar-refractivity contribution in [1.29, 1.82) is 0 Å². The molecule has 0 aromatic carbocycles. The van der Waals surface area contributed by atoms with Crippen molar-refractivity contribution in [2.24, 2.45) is 5.92 Å². The fourth-order valence-electron chi connectivity index (χ4n) is 1.00. The summed E-state index contributed by atoms with van der Waals surface area (Å²) in [5.74, 6) is -3.45. The Balaban J connectivity index is 3.02. The first-order valence-corrected chi connectivity index (χ1v) is 4.35. The number of carbonyl (C=O) groups is 2. The molecule has 0 fully saturated rings. The van der Waals surface area contributed by atoms with Gasteiger partial charge in [0.05, 0.1) is 0 Å². The Kier molecular flexibility index (Phi) is 2.87. The summed E-state index contributed by atoms with van der Waals surface area (Å²) in [6.07, 6.45) is 3.27. The van der Waals surface area contributed by atoms with Crippen LogP contribution in [0, 0.1) is 5.92 Å². The summed E-state index contributed by atoms with van der Waals surface area (Å²) >= 11 is 11.2. The van der Waals surface area contributed by atoms with Gasteiger partial charge in [0.1, 0.15) is 5.92 Å². The van der Waals surface area contributed by atoms with Crippen LogP contribution in [0.4, 0.5) is 0 Å². The highest BCUT2D eigenvalue weighted by molar-refractivity contribution is 6.39. The highest BCUT2D eigenvalue weighted by Gasteiger charge is 2.36. The van der Waals surface area contributed by atoms with Crippen LogP contribution in [0.1, 0.15) is 0 Å². The standard InChI is InChI=1S/C8H6Cl2O4/c9-5-3-8(10,7(13)14)2-1-4(5)6(11)12/h1-4H,(H,11,12)(H,13,14). The van der Waals surface area contributed by atoms with Crippen molar-refractivity contribution < 1.29 is 19.8 Å². The highest BCUT2D eigenvalue weighted by atomic mass is 35.5. The highest BCUT2D eigenvalue weighted by Crippen LogP contribution is 2.32. The summed E-state index contributed by atoms with van der Waals surface area (Å²) in [5.41, 5.74) is 0. The van der Waals surface area contributed by atoms with Gasteiger partial charge < -0.3 is 10.2 Å². The first-order valence-electron chi connectivity index (χ1n) is 3.59. The Morgan fingerprint density at radius 3 is 2.36 bits per heavy atom. The molecule has 0 aromatic heterocycles. The van der Waals surface area contributed by atoms with Crippen LogP contribution < -0.4 is 0 Å². The van der Waals surface area contributed by atoms with E-state index >= 15 is 0 Å². The fourth-order valence-corrected chi connectivity index (χ4v) is 1.58. The van der Waals surface area contributed by atoms with Gasteiger partial charge in [0.25, 0.3) is 0 Å². The predicted octanol–water partition coefficient (Wildman–Crippen LogP) is 1.44. The molecule has 2 atom stereocenters. The number of aliphatic carboxylic acids is 2. The lowest BCUT2D eigenvalue weighted by atomic mass is 9.95. The average Bonchev–Trinajstić information content (AvgIpc) is 2.02. The Morgan fingerprint density at radius 2 is 2.00 bits per heavy atom. The van der Waals surface area contributed by atoms with Gasteiger partial charge in [0, 0.05) is 5.03 Å². The van der Waals surface area contributed by atoms with E-state index in [2.05, 4.69) is 0 Å². The molecule has 0 aliphatic heterocycles. The largest absolute Gasteiger partial charge is 0.481 e. The summed E-state index contributed by atoms with van der Waals surface area (Å²) < 4.78 is 0. The zero-order valence-corrected chi connectivity index (χ0v) is 8.29. The van der Waals surface area contributed by atoms with Crippen LogP contribution in [0.15, 0.2) is 23.3 Å². The van der Waals surface area contributed by atoms with E-state index in [0.29, 0.717) is 0 Å². The molecule has 0 spiro atoms. The Bertz CT molecular complexity index is 347. The Hall–Kier alpha value is -1.00. The van der Waals surface area contributed by atoms with E-state index in [0.717, 1.165) is 18.2 Å². The molecule has 0 aromatic rings. The molecule has 14 heavy (non-hydrogen) atoms. The third kappa shape index (κ3) is 1.91. The molecule has 2 unspecified atom stereocenters. The number of rotatable bonds is 2. The van der Waals surface area contributed by atoms with Gasteiger partial charge in [-0.05, 0) is 6.08 Å². The van der Waals surface area contributed by atoms with E-state index in [1.54, 1.807) is 0 Å². The monoisotopic (exact) mass is 236 g/mol. The van der Waals surface area contributed by atoms with E-state index < -0.39 is 22.7 Å². The summed E-state index contributed by atoms with van der Waals surface area (Å²) in [7, 11) is 0. The van der Waals surface area contributed by atoms with E-state index in [4.69, 9.17) is 33.4 Å². The summed E-state index contributed by atoms with van der Waals surface area (Å²) in [6, 6.07) is 0. The Morgan fingerprint density at radius 1 is 1.43 bits per heavy atom. The maximum atomic E-state index is 10.7. The number of hydrogen-bond acceptors (Lipinski definition) is 2. The molecule has 1 aliphatic carbocycles. The molecule has 0 amide bonds. The first-order chi connectivity index (χ1) is 6.37. The zero-order valence-electron chi connectivity index (χ0n) is 6.78. The van der Waals surface area contributed by atoms with Crippen molar-refractivity contribution in [2.75, 3.05) is 0 Å². The van der Waals surface area contributed by atoms with Crippen LogP contribution in [0.3, 0.4) is 0 Å². The third-order valence-electron chi connectivity index (χ3n) is 1.77. The molecule has 0 saturated carbocycles. The molecule has 1 rings (SSSR count). The number of hydrogen-bond donors (Lipinski definition) is 2. The minimum absolute atomic E-state index is 0.0996. The van der Waals surface area contributed by atoms with Gasteiger partial charge >= 0.3 is 11.9 Å². The quantitative estimate of drug-likeness (QED) is 0.562. The summed E-state index contributed by atoms with van der Waals surface area (Å²) in [4.78, 5) is 19.5. The van der Waals surface area contributed by atoms with Gasteiger partial charge in [-0.25, -0.2) is 4.79 Å². The van der Waals surface area contributed by atoms with E-state index in [9.17, 15) is 9.59 Å². The molecular formula is C8H6Cl2O4. The summed E-state index contributed by atoms with van der Waals surface area (Å²) in [5, 5.41) is 17.3. The topological polar surface area (TPSA) is 74.6 Å². The molecular weight excluding hydrogens is 231 g/mol. The normalized spacial score (nSPS) is 31.0. The molecule has 0 radical (unpaired) electrons. The van der Waals surface area contributed by atoms with Crippen LogP contribution in [0.25, 0.3) is 0 Å². The molecule has 4 nitrogen and oxygen atoms in total. The van der Waals surface area contributed by atoms with Crippen molar-refractivity contribution in [3.63, 3.8) is 0 Å². The maximum Gasteiger partial charge on any atom is 0.332 e. The van der Waals surface area contributed by atoms with Crippen LogP contribution in [-0.4, -0.2) is 27.0 Å². The first kappa shape index (κ1) is 11.1. The van der Waals surface area contributed by atoms with Gasteiger partial charge in [-0.15, -0.1) is 0 Å². The molecule has 6 heteroatoms. The molecule has 76 valence electrons. The van der Waals surface area contributed by atoms with Crippen LogP contribution in [0.5, 0.6) is 0 Å². The minimum Gasteiger partial charge on any atom is -0.481 e. The number of carboxylic acid groups (broad SMARTS) is 2. The second kappa shape index (κ2) is 3.63. The van der Waals surface area contributed by atoms with Gasteiger partial charge in [-0.2, -0.15) is 0 Å². The van der Waals surface area contributed by atoms with Gasteiger partial charge in [-0.1, -0.05) is 35.4 Å². The third-order valence-corrected chi connectivity index (χ3v) is 2.51. The van der Waals surface area contributed by atoms with E-state index in [-0.39, 0.29) is 5.03 Å². The lowest BCUT2D eigenvalue weighted by Gasteiger charge is -2.20. The van der Waals surface area contributed by atoms with Crippen LogP contribution in [-0.2, 0) is 9.59 Å². The second-order valence-corrected chi connectivity index (χ2v) is 3.84. The van der Waals surface area contributed by atoms with Crippen molar-refractivity contribution in [3.05, 3.63) is 23.3 Å². The molecule has 0 heterocycles. The van der Waals surface area contributed by atoms with E-state index in [1.807, 2.05) is 0 Å². The number of halogens is 2.